The van der Waals surface area contributed by atoms with E-state index in [1.54, 1.807) is 0 Å². The van der Waals surface area contributed by atoms with E-state index in [0.717, 1.165) is 23.9 Å². The zero-order valence-electron chi connectivity index (χ0n) is 11.2. The summed E-state index contributed by atoms with van der Waals surface area (Å²) in [6.07, 6.45) is 7.25. The van der Waals surface area contributed by atoms with E-state index in [-0.39, 0.29) is 0 Å². The predicted molar refractivity (Wildman–Crippen MR) is 69.6 cm³/mol. The van der Waals surface area contributed by atoms with Gasteiger partial charge in [0.15, 0.2) is 0 Å². The second-order valence-electron chi connectivity index (χ2n) is 5.91. The number of likely N-dealkylation sites (tertiary alicyclic amines) is 1. The second kappa shape index (κ2) is 5.50. The van der Waals surface area contributed by atoms with Crippen LogP contribution in [0.2, 0.25) is 0 Å². The molecule has 0 radical (unpaired) electrons. The molecule has 0 spiro atoms. The van der Waals surface area contributed by atoms with Gasteiger partial charge < -0.3 is 10.2 Å². The average Bonchev–Trinajstić information content (AvgIpc) is 2.22. The van der Waals surface area contributed by atoms with Crippen LogP contribution in [0.1, 0.15) is 46.0 Å². The Morgan fingerprint density at radius 3 is 2.50 bits per heavy atom. The van der Waals surface area contributed by atoms with Crippen molar-refractivity contribution in [2.75, 3.05) is 20.1 Å². The number of piperidine rings is 1. The molecule has 2 heteroatoms. The number of hydrogen-bond donors (Lipinski definition) is 1. The zero-order chi connectivity index (χ0) is 11.5. The van der Waals surface area contributed by atoms with E-state index in [1.807, 2.05) is 0 Å². The largest absolute Gasteiger partial charge is 0.317 e. The van der Waals surface area contributed by atoms with Gasteiger partial charge >= 0.3 is 0 Å². The van der Waals surface area contributed by atoms with E-state index >= 15 is 0 Å². The molecule has 0 aromatic heterocycles. The molecule has 2 aliphatic rings. The Kier molecular flexibility index (Phi) is 4.26. The molecular formula is C14H28N2. The third kappa shape index (κ3) is 2.60. The molecule has 1 aliphatic carbocycles. The first-order valence-electron chi connectivity index (χ1n) is 7.13. The van der Waals surface area contributed by atoms with Gasteiger partial charge in [-0.2, -0.15) is 0 Å². The van der Waals surface area contributed by atoms with Crippen LogP contribution in [0.25, 0.3) is 0 Å². The normalized spacial score (nSPS) is 37.3. The Morgan fingerprint density at radius 1 is 1.19 bits per heavy atom. The molecule has 0 aromatic carbocycles. The first-order chi connectivity index (χ1) is 7.72. The van der Waals surface area contributed by atoms with Crippen LogP contribution in [0.5, 0.6) is 0 Å². The number of nitrogens with zero attached hydrogens (tertiary/aromatic N) is 1. The maximum Gasteiger partial charge on any atom is 0.0117 e. The average molecular weight is 224 g/mol. The third-order valence-electron chi connectivity index (χ3n) is 5.12. The molecule has 1 heterocycles. The van der Waals surface area contributed by atoms with Crippen molar-refractivity contribution >= 4 is 0 Å². The van der Waals surface area contributed by atoms with Crippen molar-refractivity contribution < 1.29 is 0 Å². The number of nitrogens with one attached hydrogen (secondary N) is 1. The molecule has 1 saturated carbocycles. The standard InChI is InChI=1S/C14H28N2/c1-11-12(2)16(10-8-14(11)15-3)9-7-13-5-4-6-13/h11-15H,4-10H2,1-3H3. The monoisotopic (exact) mass is 224 g/mol. The fourth-order valence-corrected chi connectivity index (χ4v) is 3.29. The van der Waals surface area contributed by atoms with E-state index in [0.29, 0.717) is 0 Å². The van der Waals surface area contributed by atoms with Gasteiger partial charge in [-0.05, 0) is 51.7 Å². The van der Waals surface area contributed by atoms with Gasteiger partial charge in [0.05, 0.1) is 0 Å². The highest BCUT2D eigenvalue weighted by atomic mass is 15.2. The predicted octanol–water partition coefficient (Wildman–Crippen LogP) is 2.49. The van der Waals surface area contributed by atoms with Crippen molar-refractivity contribution in [3.05, 3.63) is 0 Å². The highest BCUT2D eigenvalue weighted by Gasteiger charge is 2.31. The molecule has 1 aliphatic heterocycles. The molecule has 1 saturated heterocycles. The van der Waals surface area contributed by atoms with Gasteiger partial charge in [0.1, 0.15) is 0 Å². The van der Waals surface area contributed by atoms with Crippen molar-refractivity contribution in [3.63, 3.8) is 0 Å². The van der Waals surface area contributed by atoms with Crippen LogP contribution in [0.4, 0.5) is 0 Å². The quantitative estimate of drug-likeness (QED) is 0.789. The number of rotatable bonds is 4. The minimum atomic E-state index is 0.731. The minimum absolute atomic E-state index is 0.731. The van der Waals surface area contributed by atoms with E-state index < -0.39 is 0 Å². The molecular weight excluding hydrogens is 196 g/mol. The molecule has 2 rings (SSSR count). The molecule has 0 aromatic rings. The zero-order valence-corrected chi connectivity index (χ0v) is 11.2. The smallest absolute Gasteiger partial charge is 0.0117 e. The summed E-state index contributed by atoms with van der Waals surface area (Å²) in [4.78, 5) is 2.72. The fourth-order valence-electron chi connectivity index (χ4n) is 3.29. The lowest BCUT2D eigenvalue weighted by atomic mass is 9.82. The lowest BCUT2D eigenvalue weighted by Crippen LogP contribution is -2.53. The van der Waals surface area contributed by atoms with Crippen LogP contribution in [-0.2, 0) is 0 Å². The molecule has 94 valence electrons. The van der Waals surface area contributed by atoms with Gasteiger partial charge in [-0.25, -0.2) is 0 Å². The van der Waals surface area contributed by atoms with Gasteiger partial charge in [0, 0.05) is 12.1 Å². The van der Waals surface area contributed by atoms with Crippen molar-refractivity contribution in [1.82, 2.24) is 10.2 Å². The maximum absolute atomic E-state index is 3.47. The fraction of sp³-hybridized carbons (Fsp3) is 1.00. The summed E-state index contributed by atoms with van der Waals surface area (Å²) >= 11 is 0. The van der Waals surface area contributed by atoms with Crippen molar-refractivity contribution in [2.45, 2.75) is 58.0 Å². The topological polar surface area (TPSA) is 15.3 Å². The molecule has 16 heavy (non-hydrogen) atoms. The summed E-state index contributed by atoms with van der Waals surface area (Å²) in [6, 6.07) is 1.49. The van der Waals surface area contributed by atoms with E-state index in [1.165, 1.54) is 45.2 Å². The lowest BCUT2D eigenvalue weighted by molar-refractivity contribution is 0.0770. The van der Waals surface area contributed by atoms with Crippen molar-refractivity contribution in [1.29, 1.82) is 0 Å². The van der Waals surface area contributed by atoms with Gasteiger partial charge in [0.2, 0.25) is 0 Å². The molecule has 3 unspecified atom stereocenters. The Hall–Kier alpha value is -0.0800. The van der Waals surface area contributed by atoms with E-state index in [9.17, 15) is 0 Å². The van der Waals surface area contributed by atoms with Crippen molar-refractivity contribution in [2.24, 2.45) is 11.8 Å². The van der Waals surface area contributed by atoms with Gasteiger partial charge in [-0.3, -0.25) is 0 Å². The molecule has 3 atom stereocenters. The van der Waals surface area contributed by atoms with Crippen LogP contribution >= 0.6 is 0 Å². The lowest BCUT2D eigenvalue weighted by Gasteiger charge is -2.43. The summed E-state index contributed by atoms with van der Waals surface area (Å²) < 4.78 is 0. The second-order valence-corrected chi connectivity index (χ2v) is 5.91. The summed E-state index contributed by atoms with van der Waals surface area (Å²) in [7, 11) is 2.11. The third-order valence-corrected chi connectivity index (χ3v) is 5.12. The van der Waals surface area contributed by atoms with E-state index in [4.69, 9.17) is 0 Å². The van der Waals surface area contributed by atoms with Gasteiger partial charge in [-0.1, -0.05) is 26.2 Å². The number of hydrogen-bond acceptors (Lipinski definition) is 2. The minimum Gasteiger partial charge on any atom is -0.317 e. The van der Waals surface area contributed by atoms with Gasteiger partial charge in [-0.15, -0.1) is 0 Å². The van der Waals surface area contributed by atoms with Crippen molar-refractivity contribution in [3.8, 4) is 0 Å². The van der Waals surface area contributed by atoms with Crippen LogP contribution in [-0.4, -0.2) is 37.1 Å². The highest BCUT2D eigenvalue weighted by molar-refractivity contribution is 4.88. The van der Waals surface area contributed by atoms with Crippen LogP contribution in [0.15, 0.2) is 0 Å². The maximum atomic E-state index is 3.47. The Bertz CT molecular complexity index is 213. The highest BCUT2D eigenvalue weighted by Crippen LogP contribution is 2.31. The van der Waals surface area contributed by atoms with Crippen LogP contribution < -0.4 is 5.32 Å². The summed E-state index contributed by atoms with van der Waals surface area (Å²) in [6.45, 7) is 7.45. The van der Waals surface area contributed by atoms with Crippen LogP contribution in [0, 0.1) is 11.8 Å². The molecule has 1 N–H and O–H groups in total. The Labute approximate surface area is 101 Å². The summed E-state index contributed by atoms with van der Waals surface area (Å²) in [5, 5.41) is 3.47. The van der Waals surface area contributed by atoms with E-state index in [2.05, 4.69) is 31.1 Å². The molecule has 2 nitrogen and oxygen atoms in total. The first kappa shape index (κ1) is 12.4. The Morgan fingerprint density at radius 2 is 1.94 bits per heavy atom. The first-order valence-corrected chi connectivity index (χ1v) is 7.13. The Balaban J connectivity index is 1.77. The molecule has 2 fully saturated rings. The summed E-state index contributed by atoms with van der Waals surface area (Å²) in [5.74, 6) is 1.85. The summed E-state index contributed by atoms with van der Waals surface area (Å²) in [5.41, 5.74) is 0. The SMILES string of the molecule is CNC1CCN(CCC2CCC2)C(C)C1C. The van der Waals surface area contributed by atoms with Crippen LogP contribution in [0.3, 0.4) is 0 Å². The molecule has 0 amide bonds. The molecule has 0 bridgehead atoms. The van der Waals surface area contributed by atoms with Gasteiger partial charge in [0.25, 0.3) is 0 Å².